The summed E-state index contributed by atoms with van der Waals surface area (Å²) < 4.78 is 12.5. The number of methoxy groups -OCH3 is 1. The minimum Gasteiger partial charge on any atom is -0.493 e. The molecule has 0 saturated heterocycles. The van der Waals surface area contributed by atoms with E-state index in [4.69, 9.17) is 14.6 Å². The van der Waals surface area contributed by atoms with Crippen molar-refractivity contribution in [2.45, 2.75) is 6.92 Å². The molecule has 0 bridgehead atoms. The molecule has 0 aliphatic heterocycles. The Hall–Kier alpha value is -1.36. The van der Waals surface area contributed by atoms with Crippen molar-refractivity contribution in [1.82, 2.24) is 0 Å². The summed E-state index contributed by atoms with van der Waals surface area (Å²) in [6, 6.07) is 9.69. The van der Waals surface area contributed by atoms with Gasteiger partial charge in [0.2, 0.25) is 0 Å². The highest BCUT2D eigenvalue weighted by atomic mass is 127. The Balaban J connectivity index is 2.29. The van der Waals surface area contributed by atoms with Crippen molar-refractivity contribution in [1.29, 1.82) is 0 Å². The van der Waals surface area contributed by atoms with Crippen molar-refractivity contribution in [2.24, 2.45) is 4.99 Å². The SMILES string of the molecule is COc1cc(C=Nc2ccc(I)cc2C)cc(I)c1OCC(=O)O. The van der Waals surface area contributed by atoms with Crippen molar-refractivity contribution in [3.05, 3.63) is 48.6 Å². The van der Waals surface area contributed by atoms with Gasteiger partial charge in [0.05, 0.1) is 16.4 Å². The van der Waals surface area contributed by atoms with Crippen LogP contribution in [-0.2, 0) is 4.79 Å². The van der Waals surface area contributed by atoms with Crippen molar-refractivity contribution >= 4 is 63.1 Å². The van der Waals surface area contributed by atoms with E-state index < -0.39 is 12.6 Å². The molecule has 0 fully saturated rings. The molecule has 2 rings (SSSR count). The van der Waals surface area contributed by atoms with Gasteiger partial charge in [-0.05, 0) is 93.6 Å². The van der Waals surface area contributed by atoms with Crippen molar-refractivity contribution in [2.75, 3.05) is 13.7 Å². The molecular weight excluding hydrogens is 536 g/mol. The minimum absolute atomic E-state index is 0.415. The molecule has 0 heterocycles. The number of hydrogen-bond acceptors (Lipinski definition) is 4. The highest BCUT2D eigenvalue weighted by molar-refractivity contribution is 14.1. The zero-order chi connectivity index (χ0) is 17.7. The van der Waals surface area contributed by atoms with Gasteiger partial charge in [-0.1, -0.05) is 0 Å². The molecule has 126 valence electrons. The van der Waals surface area contributed by atoms with Gasteiger partial charge >= 0.3 is 5.97 Å². The molecule has 0 atom stereocenters. The Morgan fingerprint density at radius 3 is 2.67 bits per heavy atom. The van der Waals surface area contributed by atoms with Gasteiger partial charge in [0.15, 0.2) is 18.1 Å². The first-order valence-corrected chi connectivity index (χ1v) is 9.09. The largest absolute Gasteiger partial charge is 0.493 e. The van der Waals surface area contributed by atoms with Crippen LogP contribution in [0.1, 0.15) is 11.1 Å². The van der Waals surface area contributed by atoms with Crippen LogP contribution in [0.2, 0.25) is 0 Å². The number of aryl methyl sites for hydroxylation is 1. The minimum atomic E-state index is -1.03. The fourth-order valence-electron chi connectivity index (χ4n) is 2.00. The lowest BCUT2D eigenvalue weighted by Crippen LogP contribution is -2.11. The standard InChI is InChI=1S/C17H15I2NO4/c1-10-5-12(18)3-4-14(10)20-8-11-6-13(19)17(15(7-11)23-2)24-9-16(21)22/h3-8H,9H2,1-2H3,(H,21,22). The Labute approximate surface area is 167 Å². The van der Waals surface area contributed by atoms with Crippen LogP contribution in [0.15, 0.2) is 35.3 Å². The molecule has 0 aromatic heterocycles. The maximum atomic E-state index is 10.7. The predicted octanol–water partition coefficient (Wildman–Crippen LogP) is 4.43. The maximum Gasteiger partial charge on any atom is 0.341 e. The fourth-order valence-corrected chi connectivity index (χ4v) is 3.42. The highest BCUT2D eigenvalue weighted by Crippen LogP contribution is 2.33. The molecule has 0 unspecified atom stereocenters. The summed E-state index contributed by atoms with van der Waals surface area (Å²) in [6.07, 6.45) is 1.75. The molecule has 2 aromatic rings. The van der Waals surface area contributed by atoms with E-state index in [-0.39, 0.29) is 0 Å². The number of aliphatic imine (C=N–C) groups is 1. The van der Waals surface area contributed by atoms with E-state index >= 15 is 0 Å². The van der Waals surface area contributed by atoms with Crippen LogP contribution < -0.4 is 9.47 Å². The summed E-state index contributed by atoms with van der Waals surface area (Å²) in [5.74, 6) is -0.139. The number of hydrogen-bond donors (Lipinski definition) is 1. The predicted molar refractivity (Wildman–Crippen MR) is 110 cm³/mol. The number of carboxylic acids is 1. The number of rotatable bonds is 6. The second-order valence-electron chi connectivity index (χ2n) is 4.91. The number of carboxylic acid groups (broad SMARTS) is 1. The zero-order valence-electron chi connectivity index (χ0n) is 13.0. The topological polar surface area (TPSA) is 68.1 Å². The van der Waals surface area contributed by atoms with Crippen LogP contribution in [0.3, 0.4) is 0 Å². The monoisotopic (exact) mass is 551 g/mol. The lowest BCUT2D eigenvalue weighted by molar-refractivity contribution is -0.139. The van der Waals surface area contributed by atoms with Crippen LogP contribution in [0.4, 0.5) is 5.69 Å². The molecular formula is C17H15I2NO4. The maximum absolute atomic E-state index is 10.7. The van der Waals surface area contributed by atoms with E-state index in [1.54, 1.807) is 12.3 Å². The second kappa shape index (κ2) is 8.65. The summed E-state index contributed by atoms with van der Waals surface area (Å²) in [5.41, 5.74) is 2.84. The number of nitrogens with zero attached hydrogens (tertiary/aromatic N) is 1. The lowest BCUT2D eigenvalue weighted by Gasteiger charge is -2.12. The number of ether oxygens (including phenoxy) is 2. The molecule has 0 spiro atoms. The van der Waals surface area contributed by atoms with Gasteiger partial charge in [0.1, 0.15) is 0 Å². The van der Waals surface area contributed by atoms with Gasteiger partial charge in [-0.25, -0.2) is 4.79 Å². The first-order valence-electron chi connectivity index (χ1n) is 6.93. The summed E-state index contributed by atoms with van der Waals surface area (Å²) in [7, 11) is 1.52. The second-order valence-corrected chi connectivity index (χ2v) is 7.31. The number of benzene rings is 2. The Kier molecular flexibility index (Phi) is 6.84. The van der Waals surface area contributed by atoms with Gasteiger partial charge in [-0.2, -0.15) is 0 Å². The molecule has 0 saturated carbocycles. The molecule has 2 aromatic carbocycles. The van der Waals surface area contributed by atoms with Gasteiger partial charge in [-0.15, -0.1) is 0 Å². The molecule has 7 heteroatoms. The number of aliphatic carboxylic acids is 1. The van der Waals surface area contributed by atoms with E-state index in [1.807, 2.05) is 25.1 Å². The number of halogens is 2. The van der Waals surface area contributed by atoms with Crippen LogP contribution in [0.5, 0.6) is 11.5 Å². The van der Waals surface area contributed by atoms with Crippen LogP contribution in [0.25, 0.3) is 0 Å². The molecule has 1 N–H and O–H groups in total. The first kappa shape index (κ1) is 19.0. The average molecular weight is 551 g/mol. The summed E-state index contributed by atoms with van der Waals surface area (Å²) in [6.45, 7) is 1.60. The van der Waals surface area contributed by atoms with Gasteiger partial charge in [-0.3, -0.25) is 4.99 Å². The third kappa shape index (κ3) is 5.07. The quantitative estimate of drug-likeness (QED) is 0.427. The van der Waals surface area contributed by atoms with Crippen LogP contribution in [-0.4, -0.2) is 31.0 Å². The van der Waals surface area contributed by atoms with Gasteiger partial charge < -0.3 is 14.6 Å². The van der Waals surface area contributed by atoms with E-state index in [2.05, 4.69) is 56.2 Å². The third-order valence-corrected chi connectivity index (χ3v) is 4.58. The smallest absolute Gasteiger partial charge is 0.341 e. The van der Waals surface area contributed by atoms with Gasteiger partial charge in [0, 0.05) is 9.78 Å². The number of carbonyl (C=O) groups is 1. The molecule has 0 amide bonds. The highest BCUT2D eigenvalue weighted by Gasteiger charge is 2.12. The average Bonchev–Trinajstić information content (AvgIpc) is 2.52. The molecule has 0 aliphatic rings. The van der Waals surface area contributed by atoms with Crippen molar-refractivity contribution in [3.8, 4) is 11.5 Å². The summed E-state index contributed by atoms with van der Waals surface area (Å²) in [5, 5.41) is 8.75. The Bertz CT molecular complexity index is 790. The molecule has 24 heavy (non-hydrogen) atoms. The van der Waals surface area contributed by atoms with Crippen LogP contribution >= 0.6 is 45.2 Å². The van der Waals surface area contributed by atoms with Crippen molar-refractivity contribution < 1.29 is 19.4 Å². The summed E-state index contributed by atoms with van der Waals surface area (Å²) >= 11 is 4.35. The van der Waals surface area contributed by atoms with Crippen molar-refractivity contribution in [3.63, 3.8) is 0 Å². The first-order chi connectivity index (χ1) is 11.4. The normalized spacial score (nSPS) is 10.8. The third-order valence-electron chi connectivity index (χ3n) is 3.10. The Morgan fingerprint density at radius 1 is 1.29 bits per heavy atom. The van der Waals surface area contributed by atoms with E-state index in [0.717, 1.165) is 20.4 Å². The molecule has 0 aliphatic carbocycles. The van der Waals surface area contributed by atoms with Crippen LogP contribution in [0, 0.1) is 14.1 Å². The lowest BCUT2D eigenvalue weighted by atomic mass is 10.2. The zero-order valence-corrected chi connectivity index (χ0v) is 17.4. The molecule has 5 nitrogen and oxygen atoms in total. The summed E-state index contributed by atoms with van der Waals surface area (Å²) in [4.78, 5) is 15.2. The van der Waals surface area contributed by atoms with E-state index in [9.17, 15) is 4.79 Å². The van der Waals surface area contributed by atoms with E-state index in [1.165, 1.54) is 10.7 Å². The molecule has 0 radical (unpaired) electrons. The Morgan fingerprint density at radius 2 is 2.04 bits per heavy atom. The fraction of sp³-hybridized carbons (Fsp3) is 0.176. The van der Waals surface area contributed by atoms with Gasteiger partial charge in [0.25, 0.3) is 0 Å². The van der Waals surface area contributed by atoms with E-state index in [0.29, 0.717) is 11.5 Å².